The summed E-state index contributed by atoms with van der Waals surface area (Å²) in [4.78, 5) is 20.4. The maximum absolute atomic E-state index is 11.1. The van der Waals surface area contributed by atoms with E-state index in [2.05, 4.69) is 23.3 Å². The molecule has 0 radical (unpaired) electrons. The van der Waals surface area contributed by atoms with E-state index in [1.165, 1.54) is 0 Å². The van der Waals surface area contributed by atoms with E-state index in [0.717, 1.165) is 44.5 Å². The fourth-order valence-electron chi connectivity index (χ4n) is 2.81. The van der Waals surface area contributed by atoms with Crippen LogP contribution in [-0.2, 0) is 11.1 Å². The predicted molar refractivity (Wildman–Crippen MR) is 91.6 cm³/mol. The summed E-state index contributed by atoms with van der Waals surface area (Å²) in [5.74, 6) is 0.216. The molecule has 0 amide bonds. The van der Waals surface area contributed by atoms with Gasteiger partial charge in [-0.2, -0.15) is 0 Å². The molecule has 0 aliphatic rings. The summed E-state index contributed by atoms with van der Waals surface area (Å²) >= 11 is 0. The van der Waals surface area contributed by atoms with Crippen LogP contribution in [0, 0.1) is 0 Å². The van der Waals surface area contributed by atoms with E-state index in [1.54, 1.807) is 12.1 Å². The lowest BCUT2D eigenvalue weighted by Crippen LogP contribution is -2.29. The molecule has 0 aliphatic carbocycles. The molecule has 0 atom stereocenters. The average Bonchev–Trinajstić information content (AvgIpc) is 2.88. The van der Waals surface area contributed by atoms with Crippen molar-refractivity contribution in [1.82, 2.24) is 9.47 Å². The molecule has 2 N–H and O–H groups in total. The van der Waals surface area contributed by atoms with Gasteiger partial charge in [-0.1, -0.05) is 19.9 Å². The van der Waals surface area contributed by atoms with E-state index < -0.39 is 7.82 Å². The third-order valence-electron chi connectivity index (χ3n) is 3.73. The number of aromatic nitrogens is 1. The standard InChI is InChI=1S/C16H25N2O4P/c1-3-9-17(10-4-2)12-13-18-11-8-14-15(18)6-5-7-16(14)22-23(19,20)21/h5-8,11H,3-4,9-10,12-13H2,1-2H3,(H2,19,20,21). The number of fused-ring (bicyclic) bond motifs is 1. The van der Waals surface area contributed by atoms with Gasteiger partial charge >= 0.3 is 7.82 Å². The van der Waals surface area contributed by atoms with Crippen molar-refractivity contribution in [3.8, 4) is 5.75 Å². The van der Waals surface area contributed by atoms with Crippen LogP contribution in [0.5, 0.6) is 5.75 Å². The second-order valence-corrected chi connectivity index (χ2v) is 6.79. The normalized spacial score (nSPS) is 12.2. The van der Waals surface area contributed by atoms with Crippen molar-refractivity contribution in [3.63, 3.8) is 0 Å². The molecular formula is C16H25N2O4P. The number of hydrogen-bond acceptors (Lipinski definition) is 3. The van der Waals surface area contributed by atoms with Crippen LogP contribution in [0.2, 0.25) is 0 Å². The van der Waals surface area contributed by atoms with Gasteiger partial charge in [0.2, 0.25) is 0 Å². The summed E-state index contributed by atoms with van der Waals surface area (Å²) in [6.07, 6.45) is 4.20. The number of nitrogens with zero attached hydrogens (tertiary/aromatic N) is 2. The highest BCUT2D eigenvalue weighted by atomic mass is 31.2. The largest absolute Gasteiger partial charge is 0.524 e. The fourth-order valence-corrected chi connectivity index (χ4v) is 3.23. The highest BCUT2D eigenvalue weighted by Gasteiger charge is 2.18. The van der Waals surface area contributed by atoms with E-state index >= 15 is 0 Å². The third-order valence-corrected chi connectivity index (χ3v) is 4.16. The first-order valence-corrected chi connectivity index (χ1v) is 9.53. The molecule has 128 valence electrons. The molecule has 0 aliphatic heterocycles. The Hall–Kier alpha value is -1.33. The van der Waals surface area contributed by atoms with Crippen molar-refractivity contribution in [2.45, 2.75) is 33.2 Å². The Balaban J connectivity index is 2.16. The van der Waals surface area contributed by atoms with Gasteiger partial charge < -0.3 is 14.0 Å². The lowest BCUT2D eigenvalue weighted by Gasteiger charge is -2.21. The first-order valence-electron chi connectivity index (χ1n) is 8.00. The van der Waals surface area contributed by atoms with Gasteiger partial charge in [0.15, 0.2) is 0 Å². The van der Waals surface area contributed by atoms with Crippen LogP contribution in [0.25, 0.3) is 10.9 Å². The monoisotopic (exact) mass is 340 g/mol. The summed E-state index contributed by atoms with van der Waals surface area (Å²) < 4.78 is 17.9. The Labute approximate surface area is 136 Å². The van der Waals surface area contributed by atoms with Gasteiger partial charge in [-0.05, 0) is 44.1 Å². The van der Waals surface area contributed by atoms with Crippen LogP contribution in [-0.4, -0.2) is 38.9 Å². The van der Waals surface area contributed by atoms with Gasteiger partial charge in [-0.25, -0.2) is 4.57 Å². The Morgan fingerprint density at radius 1 is 1.13 bits per heavy atom. The zero-order valence-electron chi connectivity index (χ0n) is 13.7. The molecule has 1 aromatic carbocycles. The number of rotatable bonds is 9. The van der Waals surface area contributed by atoms with Gasteiger partial charge in [0.25, 0.3) is 0 Å². The third kappa shape index (κ3) is 5.08. The lowest BCUT2D eigenvalue weighted by molar-refractivity contribution is 0.265. The zero-order chi connectivity index (χ0) is 16.9. The number of phosphoric ester groups is 1. The molecule has 1 aromatic heterocycles. The summed E-state index contributed by atoms with van der Waals surface area (Å²) in [7, 11) is -4.55. The van der Waals surface area contributed by atoms with Gasteiger partial charge in [0.05, 0.1) is 5.52 Å². The minimum atomic E-state index is -4.55. The first kappa shape index (κ1) is 18.0. The molecule has 0 unspecified atom stereocenters. The van der Waals surface area contributed by atoms with Crippen molar-refractivity contribution < 1.29 is 18.9 Å². The Morgan fingerprint density at radius 2 is 1.83 bits per heavy atom. The molecule has 0 bridgehead atoms. The van der Waals surface area contributed by atoms with Gasteiger partial charge in [0.1, 0.15) is 5.75 Å². The quantitative estimate of drug-likeness (QED) is 0.686. The Bertz CT molecular complexity index is 674. The topological polar surface area (TPSA) is 74.9 Å². The van der Waals surface area contributed by atoms with Crippen LogP contribution in [0.15, 0.2) is 30.5 Å². The molecule has 1 heterocycles. The highest BCUT2D eigenvalue weighted by Crippen LogP contribution is 2.40. The molecular weight excluding hydrogens is 315 g/mol. The molecule has 6 nitrogen and oxygen atoms in total. The average molecular weight is 340 g/mol. The van der Waals surface area contributed by atoms with Crippen molar-refractivity contribution in [1.29, 1.82) is 0 Å². The van der Waals surface area contributed by atoms with Gasteiger partial charge in [0, 0.05) is 24.7 Å². The van der Waals surface area contributed by atoms with Crippen molar-refractivity contribution in [2.24, 2.45) is 0 Å². The first-order chi connectivity index (χ1) is 10.9. The van der Waals surface area contributed by atoms with E-state index in [4.69, 9.17) is 14.3 Å². The Morgan fingerprint density at radius 3 is 2.43 bits per heavy atom. The van der Waals surface area contributed by atoms with Crippen LogP contribution < -0.4 is 4.52 Å². The zero-order valence-corrected chi connectivity index (χ0v) is 14.6. The molecule has 23 heavy (non-hydrogen) atoms. The summed E-state index contributed by atoms with van der Waals surface area (Å²) in [5, 5.41) is 0.716. The molecule has 0 fully saturated rings. The van der Waals surface area contributed by atoms with Gasteiger partial charge in [-0.3, -0.25) is 9.79 Å². The molecule has 0 saturated carbocycles. The molecule has 0 spiro atoms. The second-order valence-electron chi connectivity index (χ2n) is 5.62. The van der Waals surface area contributed by atoms with Crippen LogP contribution in [0.4, 0.5) is 0 Å². The second kappa shape index (κ2) is 7.97. The predicted octanol–water partition coefficient (Wildman–Crippen LogP) is 3.23. The van der Waals surface area contributed by atoms with Crippen LogP contribution in [0.1, 0.15) is 26.7 Å². The SMILES string of the molecule is CCCN(CCC)CCn1ccc2c(OP(=O)(O)O)cccc21. The summed E-state index contributed by atoms with van der Waals surface area (Å²) in [6, 6.07) is 7.10. The molecule has 2 aromatic rings. The maximum Gasteiger partial charge on any atom is 0.524 e. The maximum atomic E-state index is 11.1. The Kier molecular flexibility index (Phi) is 6.25. The van der Waals surface area contributed by atoms with Crippen molar-refractivity contribution >= 4 is 18.7 Å². The van der Waals surface area contributed by atoms with Crippen molar-refractivity contribution in [3.05, 3.63) is 30.5 Å². The molecule has 0 saturated heterocycles. The van der Waals surface area contributed by atoms with E-state index in [0.29, 0.717) is 5.39 Å². The number of benzene rings is 1. The highest BCUT2D eigenvalue weighted by molar-refractivity contribution is 7.46. The summed E-state index contributed by atoms with van der Waals surface area (Å²) in [5.41, 5.74) is 0.920. The fraction of sp³-hybridized carbons (Fsp3) is 0.500. The van der Waals surface area contributed by atoms with Crippen LogP contribution >= 0.6 is 7.82 Å². The minimum absolute atomic E-state index is 0.216. The van der Waals surface area contributed by atoms with E-state index in [9.17, 15) is 4.57 Å². The smallest absolute Gasteiger partial charge is 0.404 e. The minimum Gasteiger partial charge on any atom is -0.404 e. The number of hydrogen-bond donors (Lipinski definition) is 2. The van der Waals surface area contributed by atoms with Crippen molar-refractivity contribution in [2.75, 3.05) is 19.6 Å². The van der Waals surface area contributed by atoms with Crippen LogP contribution in [0.3, 0.4) is 0 Å². The van der Waals surface area contributed by atoms with Gasteiger partial charge in [-0.15, -0.1) is 0 Å². The van der Waals surface area contributed by atoms with E-state index in [-0.39, 0.29) is 5.75 Å². The van der Waals surface area contributed by atoms with E-state index in [1.807, 2.05) is 18.3 Å². The lowest BCUT2D eigenvalue weighted by atomic mass is 10.2. The number of phosphoric acid groups is 1. The molecule has 7 heteroatoms. The summed E-state index contributed by atoms with van der Waals surface area (Å²) in [6.45, 7) is 8.32. The molecule has 2 rings (SSSR count).